The number of amides is 2. The molecule has 246 valence electrons. The first kappa shape index (κ1) is 32.9. The molecule has 1 aromatic heterocycles. The molecule has 0 unspecified atom stereocenters. The number of nitrogens with one attached hydrogen (secondary N) is 1. The molecule has 3 aliphatic rings. The fourth-order valence-electron chi connectivity index (χ4n) is 6.88. The van der Waals surface area contributed by atoms with Gasteiger partial charge >= 0.3 is 12.3 Å². The number of fused-ring (bicyclic) bond motifs is 5. The average Bonchev–Trinajstić information content (AvgIpc) is 3.41. The molecule has 6 atom stereocenters. The lowest BCUT2D eigenvalue weighted by Crippen LogP contribution is -2.57. The maximum absolute atomic E-state index is 14.2. The number of ether oxygens (including phenoxy) is 2. The topological polar surface area (TPSA) is 111 Å². The zero-order valence-electron chi connectivity index (χ0n) is 26.8. The van der Waals surface area contributed by atoms with Crippen molar-refractivity contribution in [3.63, 3.8) is 0 Å². The van der Waals surface area contributed by atoms with Gasteiger partial charge in [-0.3, -0.25) is 9.59 Å². The third-order valence-electron chi connectivity index (χ3n) is 9.58. The Bertz CT molecular complexity index is 1470. The molecule has 3 heterocycles. The Balaban J connectivity index is 1.56. The van der Waals surface area contributed by atoms with Gasteiger partial charge in [-0.1, -0.05) is 40.5 Å². The van der Waals surface area contributed by atoms with Gasteiger partial charge < -0.3 is 19.7 Å². The Morgan fingerprint density at radius 1 is 1.11 bits per heavy atom. The number of Topliss-reactive ketones (excluding diaryl/α,β-unsaturated/α-hetero) is 1. The molecule has 0 spiro atoms. The number of nitrogens with zero attached hydrogens (tertiary/aromatic N) is 3. The van der Waals surface area contributed by atoms with Crippen molar-refractivity contribution in [3.05, 3.63) is 29.5 Å². The third-order valence-corrected chi connectivity index (χ3v) is 9.58. The Labute approximate surface area is 261 Å². The second kappa shape index (κ2) is 12.1. The fraction of sp³-hybridized carbons (Fsp3) is 0.667. The monoisotopic (exact) mass is 632 g/mol. The van der Waals surface area contributed by atoms with E-state index in [1.807, 2.05) is 34.6 Å². The number of aryl methyl sites for hydroxylation is 1. The molecule has 2 aliphatic heterocycles. The highest BCUT2D eigenvalue weighted by molar-refractivity contribution is 5.92. The molecule has 1 aromatic carbocycles. The van der Waals surface area contributed by atoms with Gasteiger partial charge in [-0.25, -0.2) is 14.8 Å². The maximum atomic E-state index is 14.2. The molecule has 45 heavy (non-hydrogen) atoms. The lowest BCUT2D eigenvalue weighted by Gasteiger charge is -2.35. The molecule has 1 N–H and O–H groups in total. The van der Waals surface area contributed by atoms with E-state index >= 15 is 0 Å². The van der Waals surface area contributed by atoms with Crippen LogP contribution in [0.2, 0.25) is 0 Å². The van der Waals surface area contributed by atoms with Crippen LogP contribution in [0.3, 0.4) is 0 Å². The summed E-state index contributed by atoms with van der Waals surface area (Å²) in [5.74, 6) is -0.747. The van der Waals surface area contributed by atoms with Crippen LogP contribution in [0.15, 0.2) is 18.2 Å². The Morgan fingerprint density at radius 2 is 1.84 bits per heavy atom. The molecule has 12 heteroatoms. The Hall–Kier alpha value is -3.44. The van der Waals surface area contributed by atoms with Gasteiger partial charge in [0.05, 0.1) is 29.2 Å². The molecule has 1 aliphatic carbocycles. The number of halogens is 3. The molecule has 1 saturated heterocycles. The van der Waals surface area contributed by atoms with Gasteiger partial charge in [-0.15, -0.1) is 0 Å². The van der Waals surface area contributed by atoms with Gasteiger partial charge in [-0.2, -0.15) is 13.2 Å². The van der Waals surface area contributed by atoms with Gasteiger partial charge in [0.2, 0.25) is 11.8 Å². The van der Waals surface area contributed by atoms with Crippen molar-refractivity contribution in [2.75, 3.05) is 6.54 Å². The van der Waals surface area contributed by atoms with Crippen LogP contribution < -0.4 is 10.1 Å². The first-order valence-electron chi connectivity index (χ1n) is 15.9. The molecule has 0 radical (unpaired) electrons. The smallest absolute Gasteiger partial charge is 0.416 e. The number of benzene rings is 1. The van der Waals surface area contributed by atoms with Crippen LogP contribution in [0, 0.1) is 17.3 Å². The second-order valence-corrected chi connectivity index (χ2v) is 14.1. The zero-order chi connectivity index (χ0) is 32.9. The number of carbonyl (C=O) groups is 3. The minimum absolute atomic E-state index is 0.0342. The molecule has 2 aromatic rings. The number of hydrogen-bond acceptors (Lipinski definition) is 7. The molecule has 2 fully saturated rings. The number of rotatable bonds is 2. The molecule has 5 rings (SSSR count). The Kier molecular flexibility index (Phi) is 8.82. The quantitative estimate of drug-likeness (QED) is 0.416. The lowest BCUT2D eigenvalue weighted by atomic mass is 9.85. The van der Waals surface area contributed by atoms with E-state index in [-0.39, 0.29) is 29.6 Å². The van der Waals surface area contributed by atoms with E-state index < -0.39 is 58.9 Å². The molecule has 2 bridgehead atoms. The fourth-order valence-corrected chi connectivity index (χ4v) is 6.88. The molecule has 2 amide bonds. The van der Waals surface area contributed by atoms with E-state index in [0.29, 0.717) is 24.1 Å². The van der Waals surface area contributed by atoms with Crippen LogP contribution in [0.25, 0.3) is 11.0 Å². The van der Waals surface area contributed by atoms with E-state index in [0.717, 1.165) is 44.2 Å². The van der Waals surface area contributed by atoms with Crippen molar-refractivity contribution in [1.82, 2.24) is 20.2 Å². The van der Waals surface area contributed by atoms with Crippen molar-refractivity contribution in [1.29, 1.82) is 0 Å². The SMILES string of the molecule is CC[C@@H]1[C@@H]2CN(C(=O)[C@H](C(C)(C)C)NC(=O)O[C@]3(C)C[C@H]3CCCCCc3nc4ccc(C(F)(F)F)cc4nc3O2)[C@@H]1C(C)=O. The normalized spacial score (nSPS) is 29.9. The summed E-state index contributed by atoms with van der Waals surface area (Å²) in [6.07, 6.45) is -0.788. The molecule has 9 nitrogen and oxygen atoms in total. The van der Waals surface area contributed by atoms with Gasteiger partial charge in [0.15, 0.2) is 5.78 Å². The van der Waals surface area contributed by atoms with E-state index in [1.165, 1.54) is 17.9 Å². The highest BCUT2D eigenvalue weighted by atomic mass is 19.4. The standard InChI is InChI=1S/C33H43F3N4O5/c1-7-21-25-17-40(26(21)18(2)41)29(42)27(31(3,4)5)39-30(43)45-32(6)16-20(32)11-9-8-10-12-23-28(44-25)38-24-15-19(33(34,35)36)13-14-22(24)37-23/h13-15,20-21,25-27H,7-12,16-17H2,1-6H3,(H,39,43)/t20-,21-,25+,26-,27-,32-/m1/s1. The number of carbonyl (C=O) groups excluding carboxylic acids is 3. The summed E-state index contributed by atoms with van der Waals surface area (Å²) in [5, 5.41) is 2.80. The van der Waals surface area contributed by atoms with Gasteiger partial charge in [0.25, 0.3) is 0 Å². The maximum Gasteiger partial charge on any atom is 0.416 e. The molecular weight excluding hydrogens is 589 g/mol. The highest BCUT2D eigenvalue weighted by Gasteiger charge is 2.54. The number of ketones is 1. The highest BCUT2D eigenvalue weighted by Crippen LogP contribution is 2.50. The summed E-state index contributed by atoms with van der Waals surface area (Å²) in [6, 6.07) is 1.47. The van der Waals surface area contributed by atoms with E-state index in [9.17, 15) is 27.6 Å². The van der Waals surface area contributed by atoms with Gasteiger partial charge in [0, 0.05) is 11.8 Å². The number of hydrogen-bond donors (Lipinski definition) is 1. The second-order valence-electron chi connectivity index (χ2n) is 14.1. The van der Waals surface area contributed by atoms with Crippen molar-refractivity contribution in [2.24, 2.45) is 17.3 Å². The Morgan fingerprint density at radius 3 is 2.49 bits per heavy atom. The van der Waals surface area contributed by atoms with Crippen molar-refractivity contribution in [2.45, 2.75) is 116 Å². The first-order chi connectivity index (χ1) is 21.0. The zero-order valence-corrected chi connectivity index (χ0v) is 26.8. The largest absolute Gasteiger partial charge is 0.471 e. The lowest BCUT2D eigenvalue weighted by molar-refractivity contribution is -0.141. The van der Waals surface area contributed by atoms with Crippen LogP contribution in [0.4, 0.5) is 18.0 Å². The van der Waals surface area contributed by atoms with Crippen LogP contribution in [-0.4, -0.2) is 63.0 Å². The van der Waals surface area contributed by atoms with Crippen molar-refractivity contribution in [3.8, 4) is 5.88 Å². The number of alkyl carbamates (subject to hydrolysis) is 1. The summed E-state index contributed by atoms with van der Waals surface area (Å²) in [7, 11) is 0. The van der Waals surface area contributed by atoms with Gasteiger partial charge in [-0.05, 0) is 69.6 Å². The predicted octanol–water partition coefficient (Wildman–Crippen LogP) is 6.26. The van der Waals surface area contributed by atoms with E-state index in [1.54, 1.807) is 0 Å². The predicted molar refractivity (Wildman–Crippen MR) is 160 cm³/mol. The number of aromatic nitrogens is 2. The summed E-state index contributed by atoms with van der Waals surface area (Å²) in [6.45, 7) is 10.8. The summed E-state index contributed by atoms with van der Waals surface area (Å²) in [5.41, 5.74) is -1.24. The molecular formula is C33H43F3N4O5. The van der Waals surface area contributed by atoms with Crippen molar-refractivity contribution >= 4 is 28.8 Å². The van der Waals surface area contributed by atoms with Crippen molar-refractivity contribution < 1.29 is 37.0 Å². The third kappa shape index (κ3) is 6.89. The average molecular weight is 633 g/mol. The summed E-state index contributed by atoms with van der Waals surface area (Å²) in [4.78, 5) is 51.1. The van der Waals surface area contributed by atoms with E-state index in [4.69, 9.17) is 9.47 Å². The van der Waals surface area contributed by atoms with Crippen LogP contribution >= 0.6 is 0 Å². The van der Waals surface area contributed by atoms with Gasteiger partial charge in [0.1, 0.15) is 23.4 Å². The minimum atomic E-state index is -4.55. The first-order valence-corrected chi connectivity index (χ1v) is 15.9. The van der Waals surface area contributed by atoms with E-state index in [2.05, 4.69) is 15.3 Å². The van der Waals surface area contributed by atoms with Crippen LogP contribution in [0.5, 0.6) is 5.88 Å². The summed E-state index contributed by atoms with van der Waals surface area (Å²) >= 11 is 0. The summed E-state index contributed by atoms with van der Waals surface area (Å²) < 4.78 is 52.9. The minimum Gasteiger partial charge on any atom is -0.471 e. The number of alkyl halides is 3. The molecule has 1 saturated carbocycles. The van der Waals surface area contributed by atoms with Crippen LogP contribution in [0.1, 0.15) is 91.3 Å². The van der Waals surface area contributed by atoms with Crippen LogP contribution in [-0.2, 0) is 26.9 Å².